The van der Waals surface area contributed by atoms with E-state index in [0.717, 1.165) is 11.9 Å². The van der Waals surface area contributed by atoms with E-state index in [0.29, 0.717) is 12.6 Å². The van der Waals surface area contributed by atoms with Gasteiger partial charge in [-0.3, -0.25) is 4.79 Å². The third-order valence-corrected chi connectivity index (χ3v) is 3.58. The Morgan fingerprint density at radius 1 is 1.35 bits per heavy atom. The fraction of sp³-hybridized carbons (Fsp3) is 0.438. The van der Waals surface area contributed by atoms with E-state index in [1.165, 1.54) is 18.1 Å². The molecule has 2 atom stereocenters. The smallest absolute Gasteiger partial charge is 0.309 e. The highest BCUT2D eigenvalue weighted by molar-refractivity contribution is 5.83. The van der Waals surface area contributed by atoms with Crippen LogP contribution < -0.4 is 5.32 Å². The summed E-state index contributed by atoms with van der Waals surface area (Å²) in [5, 5.41) is 4.65. The van der Waals surface area contributed by atoms with Crippen molar-refractivity contribution >= 4 is 16.9 Å². The Kier molecular flexibility index (Phi) is 4.79. The van der Waals surface area contributed by atoms with Crippen molar-refractivity contribution in [2.24, 2.45) is 5.92 Å². The van der Waals surface area contributed by atoms with E-state index in [9.17, 15) is 4.79 Å². The maximum absolute atomic E-state index is 11.3. The van der Waals surface area contributed by atoms with Gasteiger partial charge >= 0.3 is 5.97 Å². The van der Waals surface area contributed by atoms with Crippen LogP contribution in [-0.4, -0.2) is 30.6 Å². The molecule has 0 radical (unpaired) electrons. The van der Waals surface area contributed by atoms with Crippen molar-refractivity contribution in [3.63, 3.8) is 0 Å². The molecule has 0 bridgehead atoms. The summed E-state index contributed by atoms with van der Waals surface area (Å²) >= 11 is 0. The SMILES string of the molecule is COC(=O)[C@@H](C)CN[C@H](C)Cc1c[nH]c2ccccc12. The zero-order chi connectivity index (χ0) is 14.5. The van der Waals surface area contributed by atoms with Gasteiger partial charge in [-0.2, -0.15) is 0 Å². The monoisotopic (exact) mass is 274 g/mol. The predicted molar refractivity (Wildman–Crippen MR) is 80.6 cm³/mol. The highest BCUT2D eigenvalue weighted by atomic mass is 16.5. The molecule has 2 aromatic rings. The molecule has 4 nitrogen and oxygen atoms in total. The average molecular weight is 274 g/mol. The summed E-state index contributed by atoms with van der Waals surface area (Å²) in [5.41, 5.74) is 2.46. The molecule has 20 heavy (non-hydrogen) atoms. The van der Waals surface area contributed by atoms with E-state index in [1.807, 2.05) is 13.0 Å². The molecule has 1 heterocycles. The van der Waals surface area contributed by atoms with Crippen molar-refractivity contribution in [1.82, 2.24) is 10.3 Å². The second kappa shape index (κ2) is 6.57. The van der Waals surface area contributed by atoms with Crippen molar-refractivity contribution < 1.29 is 9.53 Å². The van der Waals surface area contributed by atoms with Crippen LogP contribution in [0.1, 0.15) is 19.4 Å². The fourth-order valence-electron chi connectivity index (χ4n) is 2.37. The van der Waals surface area contributed by atoms with Gasteiger partial charge < -0.3 is 15.0 Å². The van der Waals surface area contributed by atoms with Gasteiger partial charge in [-0.05, 0) is 25.0 Å². The molecule has 0 amide bonds. The van der Waals surface area contributed by atoms with Gasteiger partial charge in [0.15, 0.2) is 0 Å². The molecule has 1 aromatic carbocycles. The number of hydrogen-bond acceptors (Lipinski definition) is 3. The fourth-order valence-corrected chi connectivity index (χ4v) is 2.37. The van der Waals surface area contributed by atoms with E-state index in [4.69, 9.17) is 4.74 Å². The van der Waals surface area contributed by atoms with Crippen LogP contribution in [0.2, 0.25) is 0 Å². The number of aromatic nitrogens is 1. The summed E-state index contributed by atoms with van der Waals surface area (Å²) in [4.78, 5) is 14.6. The lowest BCUT2D eigenvalue weighted by Crippen LogP contribution is -2.34. The van der Waals surface area contributed by atoms with Gasteiger partial charge in [0.2, 0.25) is 0 Å². The molecule has 0 saturated heterocycles. The van der Waals surface area contributed by atoms with Crippen molar-refractivity contribution in [3.8, 4) is 0 Å². The number of fused-ring (bicyclic) bond motifs is 1. The number of carbonyl (C=O) groups excluding carboxylic acids is 1. The first kappa shape index (κ1) is 14.6. The van der Waals surface area contributed by atoms with E-state index in [1.54, 1.807) is 0 Å². The predicted octanol–water partition coefficient (Wildman–Crippen LogP) is 2.50. The number of benzene rings is 1. The second-order valence-corrected chi connectivity index (χ2v) is 5.30. The van der Waals surface area contributed by atoms with Crippen LogP contribution >= 0.6 is 0 Å². The van der Waals surface area contributed by atoms with Crippen LogP contribution in [0.3, 0.4) is 0 Å². The molecule has 108 valence electrons. The van der Waals surface area contributed by atoms with Crippen LogP contribution in [0.15, 0.2) is 30.5 Å². The van der Waals surface area contributed by atoms with E-state index in [-0.39, 0.29) is 11.9 Å². The van der Waals surface area contributed by atoms with Gasteiger partial charge in [0, 0.05) is 29.7 Å². The minimum absolute atomic E-state index is 0.120. The number of rotatable bonds is 6. The summed E-state index contributed by atoms with van der Waals surface area (Å²) in [6, 6.07) is 8.60. The molecule has 0 aliphatic carbocycles. The number of ether oxygens (including phenoxy) is 1. The standard InChI is InChI=1S/C16H22N2O2/c1-11(16(19)20-3)9-17-12(2)8-13-10-18-15-7-5-4-6-14(13)15/h4-7,10-12,17-18H,8-9H2,1-3H3/t11-,12+/m0/s1. The Morgan fingerprint density at radius 2 is 2.10 bits per heavy atom. The first-order valence-corrected chi connectivity index (χ1v) is 6.98. The maximum Gasteiger partial charge on any atom is 0.309 e. The highest BCUT2D eigenvalue weighted by Gasteiger charge is 2.14. The molecule has 1 aromatic heterocycles. The van der Waals surface area contributed by atoms with Gasteiger partial charge in [-0.25, -0.2) is 0 Å². The highest BCUT2D eigenvalue weighted by Crippen LogP contribution is 2.19. The molecule has 0 aliphatic rings. The Morgan fingerprint density at radius 3 is 2.85 bits per heavy atom. The number of hydrogen-bond donors (Lipinski definition) is 2. The zero-order valence-electron chi connectivity index (χ0n) is 12.3. The van der Waals surface area contributed by atoms with Gasteiger partial charge in [-0.1, -0.05) is 25.1 Å². The topological polar surface area (TPSA) is 54.1 Å². The van der Waals surface area contributed by atoms with Crippen molar-refractivity contribution in [1.29, 1.82) is 0 Å². The number of para-hydroxylation sites is 1. The quantitative estimate of drug-likeness (QED) is 0.796. The lowest BCUT2D eigenvalue weighted by molar-refractivity contribution is -0.144. The largest absolute Gasteiger partial charge is 0.469 e. The summed E-state index contributed by atoms with van der Waals surface area (Å²) in [5.74, 6) is -0.290. The van der Waals surface area contributed by atoms with Gasteiger partial charge in [0.1, 0.15) is 0 Å². The van der Waals surface area contributed by atoms with E-state index >= 15 is 0 Å². The Labute approximate surface area is 119 Å². The minimum atomic E-state index is -0.170. The molecular weight excluding hydrogens is 252 g/mol. The minimum Gasteiger partial charge on any atom is -0.469 e. The first-order valence-electron chi connectivity index (χ1n) is 6.98. The Hall–Kier alpha value is -1.81. The van der Waals surface area contributed by atoms with Crippen molar-refractivity contribution in [3.05, 3.63) is 36.0 Å². The molecule has 0 saturated carbocycles. The second-order valence-electron chi connectivity index (χ2n) is 5.30. The molecule has 2 rings (SSSR count). The third-order valence-electron chi connectivity index (χ3n) is 3.58. The summed E-state index contributed by atoms with van der Waals surface area (Å²) in [6.07, 6.45) is 2.99. The molecule has 0 unspecified atom stereocenters. The lowest BCUT2D eigenvalue weighted by atomic mass is 10.1. The number of H-pyrrole nitrogens is 1. The first-order chi connectivity index (χ1) is 9.61. The lowest BCUT2D eigenvalue weighted by Gasteiger charge is -2.16. The summed E-state index contributed by atoms with van der Waals surface area (Å²) in [6.45, 7) is 4.64. The number of aromatic amines is 1. The summed E-state index contributed by atoms with van der Waals surface area (Å²) < 4.78 is 4.72. The molecular formula is C16H22N2O2. The third kappa shape index (κ3) is 3.39. The number of esters is 1. The van der Waals surface area contributed by atoms with E-state index in [2.05, 4.69) is 41.6 Å². The number of nitrogens with one attached hydrogen (secondary N) is 2. The molecule has 0 fully saturated rings. The zero-order valence-corrected chi connectivity index (χ0v) is 12.3. The molecule has 0 aliphatic heterocycles. The van der Waals surface area contributed by atoms with Crippen molar-refractivity contribution in [2.45, 2.75) is 26.3 Å². The number of methoxy groups -OCH3 is 1. The maximum atomic E-state index is 11.3. The van der Waals surface area contributed by atoms with Gasteiger partial charge in [-0.15, -0.1) is 0 Å². The van der Waals surface area contributed by atoms with Crippen LogP contribution in [0.4, 0.5) is 0 Å². The van der Waals surface area contributed by atoms with Gasteiger partial charge in [0.05, 0.1) is 13.0 Å². The Balaban J connectivity index is 1.91. The van der Waals surface area contributed by atoms with Crippen LogP contribution in [0.5, 0.6) is 0 Å². The van der Waals surface area contributed by atoms with Gasteiger partial charge in [0.25, 0.3) is 0 Å². The Bertz CT molecular complexity index is 577. The van der Waals surface area contributed by atoms with Crippen LogP contribution in [0, 0.1) is 5.92 Å². The van der Waals surface area contributed by atoms with E-state index < -0.39 is 0 Å². The average Bonchev–Trinajstić information content (AvgIpc) is 2.87. The molecule has 4 heteroatoms. The summed E-state index contributed by atoms with van der Waals surface area (Å²) in [7, 11) is 1.42. The van der Waals surface area contributed by atoms with Crippen LogP contribution in [0.25, 0.3) is 10.9 Å². The molecule has 2 N–H and O–H groups in total. The number of carbonyl (C=O) groups is 1. The normalized spacial score (nSPS) is 14.2. The van der Waals surface area contributed by atoms with Crippen LogP contribution in [-0.2, 0) is 16.0 Å². The molecule has 0 spiro atoms. The van der Waals surface area contributed by atoms with Crippen molar-refractivity contribution in [2.75, 3.05) is 13.7 Å².